The second kappa shape index (κ2) is 5.69. The van der Waals surface area contributed by atoms with Crippen LogP contribution in [0.15, 0.2) is 18.2 Å². The van der Waals surface area contributed by atoms with Crippen LogP contribution in [0, 0.1) is 0 Å². The predicted molar refractivity (Wildman–Crippen MR) is 72.7 cm³/mol. The number of fused-ring (bicyclic) bond motifs is 1. The minimum absolute atomic E-state index is 0.0774. The average molecular weight is 250 g/mol. The highest BCUT2D eigenvalue weighted by Crippen LogP contribution is 2.26. The van der Waals surface area contributed by atoms with Crippen LogP contribution in [0.3, 0.4) is 0 Å². The molecule has 4 nitrogen and oxygen atoms in total. The van der Waals surface area contributed by atoms with E-state index in [1.165, 1.54) is 23.2 Å². The third-order valence-corrected chi connectivity index (χ3v) is 3.57. The Bertz CT molecular complexity index is 403. The molecule has 4 heteroatoms. The van der Waals surface area contributed by atoms with Crippen LogP contribution in [0.2, 0.25) is 0 Å². The van der Waals surface area contributed by atoms with Gasteiger partial charge < -0.3 is 20.8 Å². The number of aliphatic hydroxyl groups is 2. The highest BCUT2D eigenvalue weighted by Gasteiger charge is 2.22. The lowest BCUT2D eigenvalue weighted by Crippen LogP contribution is -2.48. The minimum Gasteiger partial charge on any atom is -0.394 e. The van der Waals surface area contributed by atoms with Crippen molar-refractivity contribution in [3.63, 3.8) is 0 Å². The smallest absolute Gasteiger partial charge is 0.0633 e. The van der Waals surface area contributed by atoms with E-state index in [0.717, 1.165) is 13.0 Å². The molecule has 0 aromatic heterocycles. The number of aryl methyl sites for hydroxylation is 1. The quantitative estimate of drug-likeness (QED) is 0.626. The van der Waals surface area contributed by atoms with Gasteiger partial charge in [0.05, 0.1) is 18.8 Å². The van der Waals surface area contributed by atoms with Gasteiger partial charge in [0.1, 0.15) is 0 Å². The van der Waals surface area contributed by atoms with Gasteiger partial charge >= 0.3 is 0 Å². The van der Waals surface area contributed by atoms with Gasteiger partial charge in [-0.2, -0.15) is 0 Å². The van der Waals surface area contributed by atoms with E-state index in [4.69, 9.17) is 0 Å². The Morgan fingerprint density at radius 2 is 2.11 bits per heavy atom. The maximum absolute atomic E-state index is 9.26. The van der Waals surface area contributed by atoms with E-state index in [2.05, 4.69) is 28.8 Å². The van der Waals surface area contributed by atoms with E-state index in [9.17, 15) is 10.2 Å². The summed E-state index contributed by atoms with van der Waals surface area (Å²) >= 11 is 0. The summed E-state index contributed by atoms with van der Waals surface area (Å²) in [5.41, 5.74) is 3.14. The molecule has 100 valence electrons. The molecule has 0 radical (unpaired) electrons. The van der Waals surface area contributed by atoms with Crippen molar-refractivity contribution in [2.75, 3.05) is 25.1 Å². The number of nitrogens with one attached hydrogen (secondary N) is 2. The van der Waals surface area contributed by atoms with Crippen LogP contribution in [0.25, 0.3) is 0 Å². The van der Waals surface area contributed by atoms with Crippen molar-refractivity contribution >= 4 is 5.69 Å². The molecule has 1 aromatic carbocycles. The van der Waals surface area contributed by atoms with Gasteiger partial charge in [-0.05, 0) is 30.9 Å². The van der Waals surface area contributed by atoms with Gasteiger partial charge in [-0.25, -0.2) is 0 Å². The lowest BCUT2D eigenvalue weighted by atomic mass is 9.98. The zero-order valence-corrected chi connectivity index (χ0v) is 10.9. The Balaban J connectivity index is 2.10. The first kappa shape index (κ1) is 13.3. The molecule has 1 aliphatic rings. The fraction of sp³-hybridized carbons (Fsp3) is 0.571. The molecule has 2 rings (SSSR count). The van der Waals surface area contributed by atoms with Crippen LogP contribution in [0.5, 0.6) is 0 Å². The normalized spacial score (nSPS) is 15.1. The lowest BCUT2D eigenvalue weighted by Gasteiger charge is -2.28. The van der Waals surface area contributed by atoms with Gasteiger partial charge in [-0.3, -0.25) is 0 Å². The predicted octanol–water partition coefficient (Wildman–Crippen LogP) is 0.878. The van der Waals surface area contributed by atoms with E-state index in [-0.39, 0.29) is 13.2 Å². The Kier molecular flexibility index (Phi) is 4.22. The van der Waals surface area contributed by atoms with Crippen LogP contribution < -0.4 is 10.6 Å². The second-order valence-corrected chi connectivity index (χ2v) is 5.21. The first-order chi connectivity index (χ1) is 8.68. The standard InChI is InChI=1S/C14H22N2O2/c1-14(9-17,10-18)16-8-12-5-2-4-11-6-3-7-15-13(11)12/h2,4-5,15-18H,3,6-10H2,1H3. The highest BCUT2D eigenvalue weighted by atomic mass is 16.3. The average Bonchev–Trinajstić information content (AvgIpc) is 2.44. The number of aliphatic hydroxyl groups excluding tert-OH is 2. The fourth-order valence-electron chi connectivity index (χ4n) is 2.20. The fourth-order valence-corrected chi connectivity index (χ4v) is 2.20. The summed E-state index contributed by atoms with van der Waals surface area (Å²) in [6.07, 6.45) is 2.29. The maximum Gasteiger partial charge on any atom is 0.0633 e. The summed E-state index contributed by atoms with van der Waals surface area (Å²) in [6, 6.07) is 6.31. The van der Waals surface area contributed by atoms with E-state index >= 15 is 0 Å². The zero-order chi connectivity index (χ0) is 13.0. The molecule has 1 heterocycles. The summed E-state index contributed by atoms with van der Waals surface area (Å²) in [5.74, 6) is 0. The molecule has 1 aliphatic heterocycles. The summed E-state index contributed by atoms with van der Waals surface area (Å²) in [7, 11) is 0. The SMILES string of the molecule is CC(CO)(CO)NCc1cccc2c1NCCC2. The third kappa shape index (κ3) is 2.83. The highest BCUT2D eigenvalue weighted by molar-refractivity contribution is 5.59. The first-order valence-corrected chi connectivity index (χ1v) is 6.50. The van der Waals surface area contributed by atoms with Gasteiger partial charge in [-0.15, -0.1) is 0 Å². The second-order valence-electron chi connectivity index (χ2n) is 5.21. The molecule has 0 unspecified atom stereocenters. The number of benzene rings is 1. The molecule has 0 spiro atoms. The number of para-hydroxylation sites is 1. The molecule has 0 saturated heterocycles. The number of hydrogen-bond acceptors (Lipinski definition) is 4. The molecule has 0 bridgehead atoms. The molecule has 4 N–H and O–H groups in total. The van der Waals surface area contributed by atoms with Crippen molar-refractivity contribution in [1.82, 2.24) is 5.32 Å². The van der Waals surface area contributed by atoms with Crippen LogP contribution in [0.4, 0.5) is 5.69 Å². The molecular weight excluding hydrogens is 228 g/mol. The van der Waals surface area contributed by atoms with E-state index in [1.54, 1.807) is 0 Å². The Morgan fingerprint density at radius 3 is 2.83 bits per heavy atom. The molecule has 0 saturated carbocycles. The number of hydrogen-bond donors (Lipinski definition) is 4. The molecule has 18 heavy (non-hydrogen) atoms. The van der Waals surface area contributed by atoms with Crippen LogP contribution in [-0.2, 0) is 13.0 Å². The zero-order valence-electron chi connectivity index (χ0n) is 10.9. The number of anilines is 1. The monoisotopic (exact) mass is 250 g/mol. The van der Waals surface area contributed by atoms with Crippen molar-refractivity contribution in [1.29, 1.82) is 0 Å². The van der Waals surface area contributed by atoms with Crippen molar-refractivity contribution < 1.29 is 10.2 Å². The molecule has 0 amide bonds. The van der Waals surface area contributed by atoms with E-state index in [1.807, 2.05) is 6.92 Å². The summed E-state index contributed by atoms with van der Waals surface area (Å²) < 4.78 is 0. The van der Waals surface area contributed by atoms with Crippen LogP contribution in [-0.4, -0.2) is 35.5 Å². The van der Waals surface area contributed by atoms with Crippen LogP contribution >= 0.6 is 0 Å². The van der Waals surface area contributed by atoms with Gasteiger partial charge in [0.25, 0.3) is 0 Å². The molecule has 1 aromatic rings. The Hall–Kier alpha value is -1.10. The summed E-state index contributed by atoms with van der Waals surface area (Å²) in [5, 5.41) is 25.2. The Labute approximate surface area is 108 Å². The van der Waals surface area contributed by atoms with Gasteiger partial charge in [0.2, 0.25) is 0 Å². The van der Waals surface area contributed by atoms with Gasteiger partial charge in [-0.1, -0.05) is 18.2 Å². The number of rotatable bonds is 5. The summed E-state index contributed by atoms with van der Waals surface area (Å²) in [6.45, 7) is 3.32. The maximum atomic E-state index is 9.26. The summed E-state index contributed by atoms with van der Waals surface area (Å²) in [4.78, 5) is 0. The molecular formula is C14H22N2O2. The molecule has 0 aliphatic carbocycles. The van der Waals surface area contributed by atoms with Gasteiger partial charge in [0.15, 0.2) is 0 Å². The van der Waals surface area contributed by atoms with Crippen molar-refractivity contribution in [3.05, 3.63) is 29.3 Å². The van der Waals surface area contributed by atoms with Gasteiger partial charge in [0, 0.05) is 18.8 Å². The Morgan fingerprint density at radius 1 is 1.33 bits per heavy atom. The molecule has 0 atom stereocenters. The first-order valence-electron chi connectivity index (χ1n) is 6.50. The van der Waals surface area contributed by atoms with Crippen LogP contribution in [0.1, 0.15) is 24.5 Å². The lowest BCUT2D eigenvalue weighted by molar-refractivity contribution is 0.103. The van der Waals surface area contributed by atoms with E-state index < -0.39 is 5.54 Å². The van der Waals surface area contributed by atoms with E-state index in [0.29, 0.717) is 6.54 Å². The minimum atomic E-state index is -0.628. The van der Waals surface area contributed by atoms with Crippen molar-refractivity contribution in [2.45, 2.75) is 31.8 Å². The third-order valence-electron chi connectivity index (χ3n) is 3.57. The van der Waals surface area contributed by atoms with Crippen molar-refractivity contribution in [3.8, 4) is 0 Å². The molecule has 0 fully saturated rings. The van der Waals surface area contributed by atoms with Crippen molar-refractivity contribution in [2.24, 2.45) is 0 Å². The topological polar surface area (TPSA) is 64.5 Å². The largest absolute Gasteiger partial charge is 0.394 e.